The van der Waals surface area contributed by atoms with Crippen molar-refractivity contribution in [3.8, 4) is 0 Å². The van der Waals surface area contributed by atoms with Crippen molar-refractivity contribution >= 4 is 5.97 Å². The molecule has 0 amide bonds. The van der Waals surface area contributed by atoms with Crippen molar-refractivity contribution in [3.63, 3.8) is 0 Å². The highest BCUT2D eigenvalue weighted by Crippen LogP contribution is 2.58. The van der Waals surface area contributed by atoms with E-state index in [0.29, 0.717) is 11.3 Å². The third kappa shape index (κ3) is 3.59. The van der Waals surface area contributed by atoms with Gasteiger partial charge in [-0.1, -0.05) is 44.6 Å². The largest absolute Gasteiger partial charge is 0.463 e. The van der Waals surface area contributed by atoms with Gasteiger partial charge in [-0.25, -0.2) is 0 Å². The fourth-order valence-electron chi connectivity index (χ4n) is 4.84. The highest BCUT2D eigenvalue weighted by atomic mass is 16.5. The van der Waals surface area contributed by atoms with Crippen molar-refractivity contribution in [2.24, 2.45) is 16.7 Å². The van der Waals surface area contributed by atoms with E-state index in [9.17, 15) is 4.79 Å². The van der Waals surface area contributed by atoms with Crippen LogP contribution in [0, 0.1) is 16.7 Å². The number of allylic oxidation sites excluding steroid dienone is 4. The van der Waals surface area contributed by atoms with Crippen molar-refractivity contribution in [2.75, 3.05) is 0 Å². The molecule has 2 rings (SSSR count). The van der Waals surface area contributed by atoms with Crippen LogP contribution in [-0.4, -0.2) is 12.1 Å². The predicted molar refractivity (Wildman–Crippen MR) is 86.9 cm³/mol. The van der Waals surface area contributed by atoms with Gasteiger partial charge in [0.25, 0.3) is 0 Å². The van der Waals surface area contributed by atoms with Gasteiger partial charge in [0.05, 0.1) is 0 Å². The summed E-state index contributed by atoms with van der Waals surface area (Å²) in [6, 6.07) is 0. The molecule has 2 aliphatic carbocycles. The summed E-state index contributed by atoms with van der Waals surface area (Å²) in [7, 11) is 0. The van der Waals surface area contributed by atoms with E-state index >= 15 is 0 Å². The molecule has 2 fully saturated rings. The smallest absolute Gasteiger partial charge is 0.302 e. The minimum atomic E-state index is -0.131. The van der Waals surface area contributed by atoms with Crippen LogP contribution in [0.2, 0.25) is 0 Å². The van der Waals surface area contributed by atoms with E-state index in [1.807, 2.05) is 0 Å². The van der Waals surface area contributed by atoms with Gasteiger partial charge in [-0.05, 0) is 55.8 Å². The first kappa shape index (κ1) is 16.3. The van der Waals surface area contributed by atoms with Crippen LogP contribution in [0.4, 0.5) is 0 Å². The standard InChI is InChI=1S/C19H30O2/c1-5-6-7-11-18(3)12-8-13-19(4)14-16(21-15(2)20)9-10-17(18)19/h5-7,11,16-17H,8-10,12-14H2,1-4H3/b6-5+,11-7+/t16-,17+,18-,19-/m1/s1. The van der Waals surface area contributed by atoms with Crippen LogP contribution in [0.5, 0.6) is 0 Å². The molecule has 118 valence electrons. The SMILES string of the molecule is C/C=C/C=C/[C@]1(C)CCC[C@]2(C)C[C@H](OC(C)=O)CC[C@H]21. The van der Waals surface area contributed by atoms with Crippen LogP contribution >= 0.6 is 0 Å². The Hall–Kier alpha value is -1.05. The highest BCUT2D eigenvalue weighted by molar-refractivity contribution is 5.66. The minimum Gasteiger partial charge on any atom is -0.463 e. The zero-order valence-electron chi connectivity index (χ0n) is 14.0. The molecular formula is C19H30O2. The van der Waals surface area contributed by atoms with Crippen LogP contribution in [0.1, 0.15) is 66.2 Å². The third-order valence-corrected chi connectivity index (χ3v) is 5.69. The molecule has 2 aliphatic rings. The maximum absolute atomic E-state index is 11.2. The molecule has 0 unspecified atom stereocenters. The monoisotopic (exact) mass is 290 g/mol. The van der Waals surface area contributed by atoms with Gasteiger partial charge in [0, 0.05) is 6.92 Å². The van der Waals surface area contributed by atoms with Crippen molar-refractivity contribution in [2.45, 2.75) is 72.3 Å². The van der Waals surface area contributed by atoms with Crippen LogP contribution in [-0.2, 0) is 9.53 Å². The molecule has 2 nitrogen and oxygen atoms in total. The first-order valence-corrected chi connectivity index (χ1v) is 8.37. The lowest BCUT2D eigenvalue weighted by Crippen LogP contribution is -2.48. The normalized spacial score (nSPS) is 40.4. The van der Waals surface area contributed by atoms with Crippen molar-refractivity contribution in [3.05, 3.63) is 24.3 Å². The van der Waals surface area contributed by atoms with Gasteiger partial charge in [0.1, 0.15) is 6.10 Å². The van der Waals surface area contributed by atoms with Crippen molar-refractivity contribution in [1.82, 2.24) is 0 Å². The van der Waals surface area contributed by atoms with Crippen LogP contribution in [0.15, 0.2) is 24.3 Å². The van der Waals surface area contributed by atoms with E-state index in [1.165, 1.54) is 32.6 Å². The van der Waals surface area contributed by atoms with E-state index < -0.39 is 0 Å². The summed E-state index contributed by atoms with van der Waals surface area (Å²) in [6.45, 7) is 8.41. The Kier molecular flexibility index (Phi) is 4.95. The molecule has 0 bridgehead atoms. The Morgan fingerprint density at radius 2 is 1.95 bits per heavy atom. The summed E-state index contributed by atoms with van der Waals surface area (Å²) in [5, 5.41) is 0. The van der Waals surface area contributed by atoms with E-state index in [4.69, 9.17) is 4.74 Å². The molecule has 0 heterocycles. The molecule has 0 aromatic rings. The number of carbonyl (C=O) groups excluding carboxylic acids is 1. The van der Waals surface area contributed by atoms with Gasteiger partial charge in [0.15, 0.2) is 0 Å². The number of fused-ring (bicyclic) bond motifs is 1. The molecule has 4 atom stereocenters. The highest BCUT2D eigenvalue weighted by Gasteiger charge is 2.50. The molecule has 2 heteroatoms. The van der Waals surface area contributed by atoms with E-state index in [1.54, 1.807) is 0 Å². The molecule has 2 saturated carbocycles. The molecule has 0 aromatic heterocycles. The molecule has 0 aromatic carbocycles. The van der Waals surface area contributed by atoms with E-state index in [-0.39, 0.29) is 17.5 Å². The Morgan fingerprint density at radius 3 is 2.62 bits per heavy atom. The lowest BCUT2D eigenvalue weighted by atomic mass is 9.50. The minimum absolute atomic E-state index is 0.130. The summed E-state index contributed by atoms with van der Waals surface area (Å²) in [5.41, 5.74) is 0.597. The zero-order chi connectivity index (χ0) is 15.5. The van der Waals surface area contributed by atoms with E-state index in [2.05, 4.69) is 45.1 Å². The average molecular weight is 290 g/mol. The third-order valence-electron chi connectivity index (χ3n) is 5.69. The van der Waals surface area contributed by atoms with Crippen molar-refractivity contribution in [1.29, 1.82) is 0 Å². The molecule has 0 saturated heterocycles. The summed E-state index contributed by atoms with van der Waals surface area (Å²) in [6.07, 6.45) is 16.0. The first-order chi connectivity index (χ1) is 9.89. The van der Waals surface area contributed by atoms with Crippen LogP contribution in [0.3, 0.4) is 0 Å². The maximum atomic E-state index is 11.2. The van der Waals surface area contributed by atoms with E-state index in [0.717, 1.165) is 12.8 Å². The number of hydrogen-bond acceptors (Lipinski definition) is 2. The summed E-state index contributed by atoms with van der Waals surface area (Å²) >= 11 is 0. The first-order valence-electron chi connectivity index (χ1n) is 8.37. The number of ether oxygens (including phenoxy) is 1. The second kappa shape index (κ2) is 6.37. The lowest BCUT2D eigenvalue weighted by molar-refractivity contribution is -0.154. The Morgan fingerprint density at radius 1 is 1.19 bits per heavy atom. The number of hydrogen-bond donors (Lipinski definition) is 0. The summed E-state index contributed by atoms with van der Waals surface area (Å²) in [5.74, 6) is 0.570. The summed E-state index contributed by atoms with van der Waals surface area (Å²) < 4.78 is 5.50. The number of carbonyl (C=O) groups is 1. The Labute approximate surface area is 129 Å². The molecule has 0 radical (unpaired) electrons. The summed E-state index contributed by atoms with van der Waals surface area (Å²) in [4.78, 5) is 11.2. The molecule has 21 heavy (non-hydrogen) atoms. The molecular weight excluding hydrogens is 260 g/mol. The fraction of sp³-hybridized carbons (Fsp3) is 0.737. The second-order valence-electron chi connectivity index (χ2n) is 7.46. The molecule has 0 aliphatic heterocycles. The molecule has 0 spiro atoms. The predicted octanol–water partition coefficient (Wildman–Crippen LogP) is 5.05. The zero-order valence-corrected chi connectivity index (χ0v) is 14.0. The van der Waals surface area contributed by atoms with Gasteiger partial charge >= 0.3 is 5.97 Å². The molecule has 0 N–H and O–H groups in total. The van der Waals surface area contributed by atoms with Crippen molar-refractivity contribution < 1.29 is 9.53 Å². The maximum Gasteiger partial charge on any atom is 0.302 e. The fourth-order valence-corrected chi connectivity index (χ4v) is 4.84. The average Bonchev–Trinajstić information content (AvgIpc) is 2.37. The van der Waals surface area contributed by atoms with Crippen LogP contribution < -0.4 is 0 Å². The number of rotatable bonds is 3. The Balaban J connectivity index is 2.15. The topological polar surface area (TPSA) is 26.3 Å². The number of esters is 1. The van der Waals surface area contributed by atoms with Gasteiger partial charge in [-0.15, -0.1) is 0 Å². The van der Waals surface area contributed by atoms with Gasteiger partial charge < -0.3 is 4.74 Å². The second-order valence-corrected chi connectivity index (χ2v) is 7.46. The van der Waals surface area contributed by atoms with Gasteiger partial charge in [-0.2, -0.15) is 0 Å². The van der Waals surface area contributed by atoms with Gasteiger partial charge in [-0.3, -0.25) is 4.79 Å². The quantitative estimate of drug-likeness (QED) is 0.537. The lowest BCUT2D eigenvalue weighted by Gasteiger charge is -2.55. The van der Waals surface area contributed by atoms with Gasteiger partial charge in [0.2, 0.25) is 0 Å². The Bertz CT molecular complexity index is 437. The van der Waals surface area contributed by atoms with Crippen LogP contribution in [0.25, 0.3) is 0 Å².